The maximum absolute atomic E-state index is 6.45. The third-order valence-corrected chi connectivity index (χ3v) is 7.24. The summed E-state index contributed by atoms with van der Waals surface area (Å²) in [6, 6.07) is 24.5. The van der Waals surface area contributed by atoms with E-state index < -0.39 is 0 Å². The molecule has 1 aromatic heterocycles. The topological polar surface area (TPSA) is 30.9 Å². The van der Waals surface area contributed by atoms with E-state index in [1.165, 1.54) is 32.4 Å². The Labute approximate surface area is 199 Å². The van der Waals surface area contributed by atoms with Crippen molar-refractivity contribution in [3.8, 4) is 33.4 Å². The van der Waals surface area contributed by atoms with Gasteiger partial charge in [-0.1, -0.05) is 36.8 Å². The molecule has 33 heavy (non-hydrogen) atoms. The molecule has 0 amide bonds. The van der Waals surface area contributed by atoms with Crippen LogP contribution in [0.15, 0.2) is 72.8 Å². The summed E-state index contributed by atoms with van der Waals surface area (Å²) in [6.45, 7) is 4.10. The van der Waals surface area contributed by atoms with Gasteiger partial charge in [-0.05, 0) is 74.0 Å². The van der Waals surface area contributed by atoms with E-state index in [0.717, 1.165) is 56.7 Å². The zero-order valence-corrected chi connectivity index (χ0v) is 19.8. The second-order valence-corrected chi connectivity index (χ2v) is 9.36. The third kappa shape index (κ3) is 5.15. The first-order chi connectivity index (χ1) is 16.3. The van der Waals surface area contributed by atoms with Crippen LogP contribution in [0.4, 0.5) is 0 Å². The highest BCUT2D eigenvalue weighted by atomic mass is 32.1. The molecule has 0 unspecified atom stereocenters. The molecule has 170 valence electrons. The summed E-state index contributed by atoms with van der Waals surface area (Å²) >= 11 is 1.72. The van der Waals surface area contributed by atoms with E-state index >= 15 is 0 Å². The van der Waals surface area contributed by atoms with Crippen molar-refractivity contribution in [1.29, 1.82) is 0 Å². The number of ether oxygens (including phenoxy) is 3. The van der Waals surface area contributed by atoms with Crippen LogP contribution in [-0.2, 0) is 0 Å². The van der Waals surface area contributed by atoms with E-state index in [0.29, 0.717) is 0 Å². The zero-order chi connectivity index (χ0) is 22.5. The van der Waals surface area contributed by atoms with Gasteiger partial charge in [0.25, 0.3) is 0 Å². The Morgan fingerprint density at radius 3 is 2.30 bits per heavy atom. The summed E-state index contributed by atoms with van der Waals surface area (Å²) in [4.78, 5) is 3.60. The lowest BCUT2D eigenvalue weighted by Gasteiger charge is -2.26. The second-order valence-electron chi connectivity index (χ2n) is 8.31. The molecule has 4 aromatic rings. The van der Waals surface area contributed by atoms with E-state index in [1.807, 2.05) is 36.4 Å². The average molecular weight is 460 g/mol. The number of methoxy groups -OCH3 is 1. The van der Waals surface area contributed by atoms with Crippen LogP contribution in [0.1, 0.15) is 19.3 Å². The second kappa shape index (κ2) is 10.3. The Balaban J connectivity index is 1.33. The van der Waals surface area contributed by atoms with Crippen LogP contribution < -0.4 is 14.2 Å². The van der Waals surface area contributed by atoms with E-state index in [-0.39, 0.29) is 0 Å². The number of likely N-dealkylation sites (tertiary alicyclic amines) is 1. The minimum absolute atomic E-state index is 0.718. The maximum atomic E-state index is 6.45. The predicted molar refractivity (Wildman–Crippen MR) is 136 cm³/mol. The molecule has 0 N–H and O–H groups in total. The van der Waals surface area contributed by atoms with Gasteiger partial charge in [0.05, 0.1) is 12.0 Å². The largest absolute Gasteiger partial charge is 0.497 e. The van der Waals surface area contributed by atoms with Gasteiger partial charge in [0.2, 0.25) is 0 Å². The van der Waals surface area contributed by atoms with Gasteiger partial charge in [0.15, 0.2) is 5.75 Å². The molecular formula is C28H29NO3S. The molecular weight excluding hydrogens is 430 g/mol. The average Bonchev–Trinajstić information content (AvgIpc) is 3.23. The standard InChI is InChI=1S/C28H29NO3S/c1-30-24-14-15-25-26(20-24)33-28(21-8-4-2-5-9-21)27(25)32-23-12-10-22(11-13-23)31-19-18-29-16-6-3-7-17-29/h2,4-5,8-15,20H,3,6-7,16-19H2,1H3. The molecule has 1 fully saturated rings. The van der Waals surface area contributed by atoms with E-state index in [4.69, 9.17) is 14.2 Å². The predicted octanol–water partition coefficient (Wildman–Crippen LogP) is 7.23. The van der Waals surface area contributed by atoms with E-state index in [1.54, 1.807) is 18.4 Å². The van der Waals surface area contributed by atoms with E-state index in [9.17, 15) is 0 Å². The van der Waals surface area contributed by atoms with Gasteiger partial charge in [0, 0.05) is 16.6 Å². The van der Waals surface area contributed by atoms with E-state index in [2.05, 4.69) is 41.3 Å². The number of benzene rings is 3. The highest BCUT2D eigenvalue weighted by Crippen LogP contribution is 2.47. The van der Waals surface area contributed by atoms with Crippen LogP contribution in [0, 0.1) is 0 Å². The smallest absolute Gasteiger partial charge is 0.153 e. The Bertz CT molecular complexity index is 1180. The number of rotatable bonds is 8. The van der Waals surface area contributed by atoms with Gasteiger partial charge < -0.3 is 14.2 Å². The molecule has 0 aliphatic carbocycles. The molecule has 0 radical (unpaired) electrons. The molecule has 0 saturated carbocycles. The summed E-state index contributed by atoms with van der Waals surface area (Å²) < 4.78 is 19.0. The lowest BCUT2D eigenvalue weighted by molar-refractivity contribution is 0.183. The molecule has 0 spiro atoms. The number of hydrogen-bond donors (Lipinski definition) is 0. The van der Waals surface area contributed by atoms with Crippen molar-refractivity contribution >= 4 is 21.4 Å². The molecule has 5 heteroatoms. The number of fused-ring (bicyclic) bond motifs is 1. The van der Waals surface area contributed by atoms with Crippen molar-refractivity contribution in [2.24, 2.45) is 0 Å². The summed E-state index contributed by atoms with van der Waals surface area (Å²) in [7, 11) is 1.69. The van der Waals surface area contributed by atoms with Crippen molar-refractivity contribution < 1.29 is 14.2 Å². The van der Waals surface area contributed by atoms with Gasteiger partial charge in [-0.3, -0.25) is 4.90 Å². The van der Waals surface area contributed by atoms with Crippen LogP contribution in [0.25, 0.3) is 20.5 Å². The minimum atomic E-state index is 0.718. The van der Waals surface area contributed by atoms with Crippen LogP contribution >= 0.6 is 11.3 Å². The Kier molecular flexibility index (Phi) is 6.79. The van der Waals surface area contributed by atoms with Crippen LogP contribution in [0.3, 0.4) is 0 Å². The lowest BCUT2D eigenvalue weighted by atomic mass is 10.1. The fourth-order valence-corrected chi connectivity index (χ4v) is 5.42. The highest BCUT2D eigenvalue weighted by Gasteiger charge is 2.17. The number of thiophene rings is 1. The summed E-state index contributed by atoms with van der Waals surface area (Å²) in [5.41, 5.74) is 1.14. The first-order valence-corrected chi connectivity index (χ1v) is 12.4. The van der Waals surface area contributed by atoms with Crippen molar-refractivity contribution in [2.45, 2.75) is 19.3 Å². The fourth-order valence-electron chi connectivity index (χ4n) is 4.26. The zero-order valence-electron chi connectivity index (χ0n) is 19.0. The Morgan fingerprint density at radius 2 is 1.55 bits per heavy atom. The summed E-state index contributed by atoms with van der Waals surface area (Å²) in [5.74, 6) is 3.40. The van der Waals surface area contributed by atoms with Gasteiger partial charge in [-0.15, -0.1) is 11.3 Å². The molecule has 0 atom stereocenters. The maximum Gasteiger partial charge on any atom is 0.153 e. The monoisotopic (exact) mass is 459 g/mol. The SMILES string of the molecule is COc1ccc2c(Oc3ccc(OCCN4CCCCC4)cc3)c(-c3ccccc3)sc2c1. The van der Waals surface area contributed by atoms with Crippen LogP contribution in [-0.4, -0.2) is 38.3 Å². The van der Waals surface area contributed by atoms with Crippen molar-refractivity contribution in [1.82, 2.24) is 4.90 Å². The van der Waals surface area contributed by atoms with Crippen molar-refractivity contribution in [3.05, 3.63) is 72.8 Å². The number of nitrogens with zero attached hydrogens (tertiary/aromatic N) is 1. The lowest BCUT2D eigenvalue weighted by Crippen LogP contribution is -2.33. The quantitative estimate of drug-likeness (QED) is 0.278. The highest BCUT2D eigenvalue weighted by molar-refractivity contribution is 7.22. The third-order valence-electron chi connectivity index (χ3n) is 6.06. The van der Waals surface area contributed by atoms with Crippen molar-refractivity contribution in [2.75, 3.05) is 33.4 Å². The molecule has 3 aromatic carbocycles. The van der Waals surface area contributed by atoms with Gasteiger partial charge in [0.1, 0.15) is 23.9 Å². The molecule has 1 saturated heterocycles. The summed E-state index contributed by atoms with van der Waals surface area (Å²) in [5, 5.41) is 1.08. The van der Waals surface area contributed by atoms with Crippen molar-refractivity contribution in [3.63, 3.8) is 0 Å². The number of hydrogen-bond acceptors (Lipinski definition) is 5. The Hall–Kier alpha value is -3.02. The molecule has 1 aliphatic heterocycles. The fraction of sp³-hybridized carbons (Fsp3) is 0.286. The minimum Gasteiger partial charge on any atom is -0.497 e. The molecule has 1 aliphatic rings. The molecule has 4 nitrogen and oxygen atoms in total. The first-order valence-electron chi connectivity index (χ1n) is 11.6. The van der Waals surface area contributed by atoms with Crippen LogP contribution in [0.5, 0.6) is 23.0 Å². The number of piperidine rings is 1. The van der Waals surface area contributed by atoms with Gasteiger partial charge in [-0.2, -0.15) is 0 Å². The first kappa shape index (κ1) is 21.8. The molecule has 0 bridgehead atoms. The normalized spacial score (nSPS) is 14.3. The van der Waals surface area contributed by atoms with Gasteiger partial charge >= 0.3 is 0 Å². The van der Waals surface area contributed by atoms with Gasteiger partial charge in [-0.25, -0.2) is 0 Å². The summed E-state index contributed by atoms with van der Waals surface area (Å²) in [6.07, 6.45) is 3.97. The molecule has 5 rings (SSSR count). The molecule has 2 heterocycles. The Morgan fingerprint density at radius 1 is 0.818 bits per heavy atom. The van der Waals surface area contributed by atoms with Crippen LogP contribution in [0.2, 0.25) is 0 Å².